The van der Waals surface area contributed by atoms with Crippen LogP contribution in [0.5, 0.6) is 0 Å². The van der Waals surface area contributed by atoms with Crippen LogP contribution in [0.4, 0.5) is 0 Å². The Balaban J connectivity index is 1.34. The minimum atomic E-state index is 0.179. The van der Waals surface area contributed by atoms with Gasteiger partial charge in [0.05, 0.1) is 23.2 Å². The zero-order chi connectivity index (χ0) is 22.4. The molecule has 2 aliphatic rings. The van der Waals surface area contributed by atoms with Crippen LogP contribution < -0.4 is 0 Å². The van der Waals surface area contributed by atoms with Crippen molar-refractivity contribution >= 4 is 27.0 Å². The second-order valence-corrected chi connectivity index (χ2v) is 11.0. The number of hydrogen-bond donors (Lipinski definition) is 0. The highest BCUT2D eigenvalue weighted by molar-refractivity contribution is 9.10. The fourth-order valence-electron chi connectivity index (χ4n) is 5.82. The van der Waals surface area contributed by atoms with Crippen molar-refractivity contribution in [1.82, 2.24) is 14.5 Å². The van der Waals surface area contributed by atoms with Crippen molar-refractivity contribution in [1.29, 1.82) is 0 Å². The van der Waals surface area contributed by atoms with Gasteiger partial charge in [-0.3, -0.25) is 0 Å². The molecule has 0 N–H and O–H groups in total. The third-order valence-electron chi connectivity index (χ3n) is 7.33. The Morgan fingerprint density at radius 2 is 1.94 bits per heavy atom. The van der Waals surface area contributed by atoms with Crippen LogP contribution in [0.1, 0.15) is 54.7 Å². The van der Waals surface area contributed by atoms with E-state index >= 15 is 0 Å². The number of halogens is 1. The van der Waals surface area contributed by atoms with Crippen molar-refractivity contribution in [2.24, 2.45) is 5.92 Å². The second-order valence-electron chi connectivity index (χ2n) is 10.1. The van der Waals surface area contributed by atoms with E-state index in [2.05, 4.69) is 82.6 Å². The van der Waals surface area contributed by atoms with Crippen LogP contribution >= 0.6 is 15.9 Å². The number of fused-ring (bicyclic) bond motifs is 2. The molecular formula is C27H34BrN3O. The maximum absolute atomic E-state index is 6.11. The van der Waals surface area contributed by atoms with Gasteiger partial charge in [-0.25, -0.2) is 4.98 Å². The van der Waals surface area contributed by atoms with Crippen LogP contribution in [0.15, 0.2) is 40.9 Å². The van der Waals surface area contributed by atoms with E-state index in [0.717, 1.165) is 31.6 Å². The Hall–Kier alpha value is -1.69. The van der Waals surface area contributed by atoms with E-state index < -0.39 is 0 Å². The number of likely N-dealkylation sites (tertiary alicyclic amines) is 1. The summed E-state index contributed by atoms with van der Waals surface area (Å²) in [5, 5.41) is 0. The molecule has 1 aliphatic carbocycles. The summed E-state index contributed by atoms with van der Waals surface area (Å²) in [6.07, 6.45) is 3.67. The topological polar surface area (TPSA) is 30.3 Å². The van der Waals surface area contributed by atoms with Crippen molar-refractivity contribution in [3.63, 3.8) is 0 Å². The maximum Gasteiger partial charge on any atom is 0.112 e. The average molecular weight is 496 g/mol. The molecule has 32 heavy (non-hydrogen) atoms. The molecular weight excluding hydrogens is 462 g/mol. The molecule has 0 saturated carbocycles. The molecule has 0 radical (unpaired) electrons. The lowest BCUT2D eigenvalue weighted by molar-refractivity contribution is -0.00966. The van der Waals surface area contributed by atoms with Gasteiger partial charge in [0, 0.05) is 37.1 Å². The van der Waals surface area contributed by atoms with E-state index in [4.69, 9.17) is 9.72 Å². The first-order valence-electron chi connectivity index (χ1n) is 11.9. The zero-order valence-corrected chi connectivity index (χ0v) is 21.2. The molecule has 0 bridgehead atoms. The number of rotatable bonds is 5. The van der Waals surface area contributed by atoms with Crippen molar-refractivity contribution in [2.75, 3.05) is 26.7 Å². The van der Waals surface area contributed by atoms with E-state index in [1.165, 1.54) is 45.3 Å². The molecule has 5 rings (SSSR count). The van der Waals surface area contributed by atoms with Gasteiger partial charge in [-0.15, -0.1) is 0 Å². The number of aryl methyl sites for hydroxylation is 1. The number of piperidine rings is 1. The van der Waals surface area contributed by atoms with E-state index in [9.17, 15) is 0 Å². The number of nitrogens with zero attached hydrogens (tertiary/aromatic N) is 3. The Kier molecular flexibility index (Phi) is 6.17. The van der Waals surface area contributed by atoms with Gasteiger partial charge in [-0.2, -0.15) is 0 Å². The molecule has 3 atom stereocenters. The molecule has 5 heteroatoms. The Morgan fingerprint density at radius 1 is 1.12 bits per heavy atom. The second kappa shape index (κ2) is 8.92. The fourth-order valence-corrected chi connectivity index (χ4v) is 6.22. The summed E-state index contributed by atoms with van der Waals surface area (Å²) in [4.78, 5) is 7.67. The highest BCUT2D eigenvalue weighted by Crippen LogP contribution is 2.35. The van der Waals surface area contributed by atoms with Gasteiger partial charge in [0.15, 0.2) is 0 Å². The Bertz CT molecular complexity index is 1120. The SMILES string of the molecule is CO[C@@H]1CN(CC2Cc3ccc(Br)cc3C2)CC[C@H]1n1c(C(C)C)nc2cc(C)ccc21. The van der Waals surface area contributed by atoms with Crippen molar-refractivity contribution < 1.29 is 4.74 Å². The van der Waals surface area contributed by atoms with Crippen molar-refractivity contribution in [3.8, 4) is 0 Å². The molecule has 1 fully saturated rings. The summed E-state index contributed by atoms with van der Waals surface area (Å²) in [5.74, 6) is 2.27. The minimum absolute atomic E-state index is 0.179. The number of benzene rings is 2. The summed E-state index contributed by atoms with van der Waals surface area (Å²) in [7, 11) is 1.88. The van der Waals surface area contributed by atoms with E-state index in [-0.39, 0.29) is 6.10 Å². The van der Waals surface area contributed by atoms with Gasteiger partial charge in [0.1, 0.15) is 5.82 Å². The van der Waals surface area contributed by atoms with Crippen LogP contribution in [0, 0.1) is 12.8 Å². The molecule has 1 aliphatic heterocycles. The molecule has 3 aromatic rings. The quantitative estimate of drug-likeness (QED) is 0.440. The molecule has 170 valence electrons. The predicted molar refractivity (Wildman–Crippen MR) is 134 cm³/mol. The largest absolute Gasteiger partial charge is 0.378 e. The highest BCUT2D eigenvalue weighted by atomic mass is 79.9. The Morgan fingerprint density at radius 3 is 2.72 bits per heavy atom. The standard InChI is InChI=1S/C27H34BrN3O/c1-17(2)27-29-23-11-18(3)5-8-24(23)31(27)25-9-10-30(16-26(25)32-4)15-19-12-20-6-7-22(28)14-21(20)13-19/h5-8,11,14,17,19,25-26H,9-10,12-13,15-16H2,1-4H3/t19?,25-,26-/m1/s1. The third kappa shape index (κ3) is 4.15. The van der Waals surface area contributed by atoms with Crippen LogP contribution in [0.2, 0.25) is 0 Å². The summed E-state index contributed by atoms with van der Waals surface area (Å²) >= 11 is 3.63. The lowest BCUT2D eigenvalue weighted by Crippen LogP contribution is -2.47. The lowest BCUT2D eigenvalue weighted by atomic mass is 9.97. The number of hydrogen-bond acceptors (Lipinski definition) is 3. The molecule has 1 unspecified atom stereocenters. The van der Waals surface area contributed by atoms with Crippen LogP contribution in [0.3, 0.4) is 0 Å². The third-order valence-corrected chi connectivity index (χ3v) is 7.83. The van der Waals surface area contributed by atoms with Gasteiger partial charge < -0.3 is 14.2 Å². The Labute approximate surface area is 200 Å². The highest BCUT2D eigenvalue weighted by Gasteiger charge is 2.35. The average Bonchev–Trinajstić information content (AvgIpc) is 3.33. The number of methoxy groups -OCH3 is 1. The van der Waals surface area contributed by atoms with E-state index in [0.29, 0.717) is 17.9 Å². The molecule has 0 amide bonds. The summed E-state index contributed by atoms with van der Waals surface area (Å²) in [6, 6.07) is 13.8. The first-order valence-corrected chi connectivity index (χ1v) is 12.7. The smallest absolute Gasteiger partial charge is 0.112 e. The summed E-state index contributed by atoms with van der Waals surface area (Å²) in [6.45, 7) is 9.89. The fraction of sp³-hybridized carbons (Fsp3) is 0.519. The van der Waals surface area contributed by atoms with E-state index in [1.807, 2.05) is 7.11 Å². The van der Waals surface area contributed by atoms with Crippen LogP contribution in [0.25, 0.3) is 11.0 Å². The maximum atomic E-state index is 6.11. The lowest BCUT2D eigenvalue weighted by Gasteiger charge is -2.40. The summed E-state index contributed by atoms with van der Waals surface area (Å²) < 4.78 is 9.80. The van der Waals surface area contributed by atoms with Crippen LogP contribution in [-0.4, -0.2) is 47.3 Å². The molecule has 0 spiro atoms. The predicted octanol–water partition coefficient (Wildman–Crippen LogP) is 5.91. The minimum Gasteiger partial charge on any atom is -0.378 e. The molecule has 2 aromatic carbocycles. The van der Waals surface area contributed by atoms with E-state index in [1.54, 1.807) is 0 Å². The number of ether oxygens (including phenoxy) is 1. The monoisotopic (exact) mass is 495 g/mol. The first kappa shape index (κ1) is 22.1. The van der Waals surface area contributed by atoms with Crippen molar-refractivity contribution in [2.45, 2.75) is 58.1 Å². The normalized spacial score (nSPS) is 23.9. The number of aromatic nitrogens is 2. The van der Waals surface area contributed by atoms with Gasteiger partial charge >= 0.3 is 0 Å². The van der Waals surface area contributed by atoms with Gasteiger partial charge in [0.25, 0.3) is 0 Å². The molecule has 1 saturated heterocycles. The zero-order valence-electron chi connectivity index (χ0n) is 19.6. The van der Waals surface area contributed by atoms with Gasteiger partial charge in [-0.1, -0.05) is 41.9 Å². The van der Waals surface area contributed by atoms with Crippen LogP contribution in [-0.2, 0) is 17.6 Å². The van der Waals surface area contributed by atoms with Gasteiger partial charge in [0.2, 0.25) is 0 Å². The molecule has 4 nitrogen and oxygen atoms in total. The molecule has 2 heterocycles. The molecule has 1 aromatic heterocycles. The first-order chi connectivity index (χ1) is 15.4. The number of imidazole rings is 1. The van der Waals surface area contributed by atoms with Crippen molar-refractivity contribution in [3.05, 3.63) is 63.4 Å². The van der Waals surface area contributed by atoms with Gasteiger partial charge in [-0.05, 0) is 73.1 Å². The summed E-state index contributed by atoms with van der Waals surface area (Å²) in [5.41, 5.74) is 6.67.